The van der Waals surface area contributed by atoms with Crippen LogP contribution in [0, 0.1) is 17.3 Å². The molecule has 0 bridgehead atoms. The zero-order chi connectivity index (χ0) is 27.1. The topological polar surface area (TPSA) is 108 Å². The van der Waals surface area contributed by atoms with Crippen molar-refractivity contribution in [3.63, 3.8) is 0 Å². The highest BCUT2D eigenvalue weighted by atomic mass is 31.2. The van der Waals surface area contributed by atoms with E-state index in [2.05, 4.69) is 4.98 Å². The van der Waals surface area contributed by atoms with E-state index >= 15 is 4.39 Å². The second kappa shape index (κ2) is 12.3. The number of ether oxygens (including phenoxy) is 2. The molecule has 0 spiro atoms. The summed E-state index contributed by atoms with van der Waals surface area (Å²) >= 11 is 0. The van der Waals surface area contributed by atoms with Gasteiger partial charge in [-0.05, 0) is 49.7 Å². The van der Waals surface area contributed by atoms with Crippen LogP contribution in [-0.4, -0.2) is 41.5 Å². The van der Waals surface area contributed by atoms with E-state index in [1.54, 1.807) is 75.7 Å². The fourth-order valence-corrected chi connectivity index (χ4v) is 5.71. The Balaban J connectivity index is 1.70. The average Bonchev–Trinajstić information content (AvgIpc) is 3.25. The Bertz CT molecular complexity index is 1510. The average molecular weight is 539 g/mol. The maximum Gasteiger partial charge on any atom is 0.361 e. The molecule has 198 valence electrons. The van der Waals surface area contributed by atoms with Crippen LogP contribution in [0.2, 0.25) is 0 Å². The fourth-order valence-electron chi connectivity index (χ4n) is 4.12. The largest absolute Gasteiger partial charge is 0.383 e. The van der Waals surface area contributed by atoms with Crippen LogP contribution in [0.1, 0.15) is 25.2 Å². The van der Waals surface area contributed by atoms with E-state index in [9.17, 15) is 4.57 Å². The first-order valence-electron chi connectivity index (χ1n) is 12.1. The number of rotatable bonds is 12. The summed E-state index contributed by atoms with van der Waals surface area (Å²) in [6, 6.07) is 15.0. The van der Waals surface area contributed by atoms with Crippen LogP contribution >= 0.6 is 7.60 Å². The highest BCUT2D eigenvalue weighted by molar-refractivity contribution is 7.62. The Morgan fingerprint density at radius 1 is 1.05 bits per heavy atom. The molecule has 0 saturated carbocycles. The maximum atomic E-state index is 15.3. The summed E-state index contributed by atoms with van der Waals surface area (Å²) in [5.74, 6) is 0.351. The van der Waals surface area contributed by atoms with Gasteiger partial charge in [0.1, 0.15) is 11.6 Å². The van der Waals surface area contributed by atoms with E-state index in [1.165, 1.54) is 6.07 Å². The Morgan fingerprint density at radius 3 is 2.53 bits per heavy atom. The Labute approximate surface area is 220 Å². The first-order chi connectivity index (χ1) is 18.4. The zero-order valence-corrected chi connectivity index (χ0v) is 22.3. The van der Waals surface area contributed by atoms with Crippen molar-refractivity contribution in [3.05, 3.63) is 71.8 Å². The van der Waals surface area contributed by atoms with Gasteiger partial charge in [-0.2, -0.15) is 0 Å². The molecule has 9 nitrogen and oxygen atoms in total. The maximum absolute atomic E-state index is 15.3. The number of aromatic nitrogens is 3. The molecule has 4 rings (SSSR count). The quantitative estimate of drug-likeness (QED) is 0.178. The number of methoxy groups -OCH3 is 1. The number of hydrogen-bond donors (Lipinski definition) is 0. The van der Waals surface area contributed by atoms with Gasteiger partial charge in [-0.3, -0.25) is 4.57 Å². The minimum absolute atomic E-state index is 0.138. The summed E-state index contributed by atoms with van der Waals surface area (Å²) in [5.41, 5.74) is 2.88. The summed E-state index contributed by atoms with van der Waals surface area (Å²) in [5, 5.41) is 9.15. The number of benzene rings is 2. The molecule has 38 heavy (non-hydrogen) atoms. The lowest BCUT2D eigenvalue weighted by Gasteiger charge is -2.17. The highest BCUT2D eigenvalue weighted by Gasteiger charge is 2.28. The van der Waals surface area contributed by atoms with E-state index in [0.717, 1.165) is 5.52 Å². The third-order valence-corrected chi connectivity index (χ3v) is 7.92. The van der Waals surface area contributed by atoms with Gasteiger partial charge < -0.3 is 23.1 Å². The number of imidazole rings is 1. The molecule has 0 aliphatic rings. The Kier molecular flexibility index (Phi) is 8.87. The standard InChI is InChI=1S/C27H28FN4O5P/c1-4-36-38(33,37-5-2)21-11-12-24-25(17-21)32(13-14-34-3)26(30-24)16-19-9-10-20(15-22(19)28)23-7-6-8-27(31-23)35-18-29/h6-12,15,17H,4-5,13-14,16H2,1-3H3. The van der Waals surface area contributed by atoms with Gasteiger partial charge in [0.05, 0.1) is 41.9 Å². The summed E-state index contributed by atoms with van der Waals surface area (Å²) in [7, 11) is -1.89. The number of nitriles is 1. The summed E-state index contributed by atoms with van der Waals surface area (Å²) in [4.78, 5) is 8.97. The van der Waals surface area contributed by atoms with Crippen molar-refractivity contribution in [2.75, 3.05) is 26.9 Å². The van der Waals surface area contributed by atoms with Crippen LogP contribution in [0.15, 0.2) is 54.6 Å². The summed E-state index contributed by atoms with van der Waals surface area (Å²) in [6.07, 6.45) is 1.80. The molecule has 0 radical (unpaired) electrons. The van der Waals surface area contributed by atoms with Gasteiger partial charge in [0, 0.05) is 31.7 Å². The number of nitrogens with zero attached hydrogens (tertiary/aromatic N) is 4. The van der Waals surface area contributed by atoms with Gasteiger partial charge in [0.2, 0.25) is 5.88 Å². The van der Waals surface area contributed by atoms with Gasteiger partial charge in [-0.15, -0.1) is 5.26 Å². The van der Waals surface area contributed by atoms with Crippen molar-refractivity contribution < 1.29 is 27.5 Å². The molecule has 2 heterocycles. The Morgan fingerprint density at radius 2 is 1.84 bits per heavy atom. The first-order valence-corrected chi connectivity index (χ1v) is 13.7. The van der Waals surface area contributed by atoms with E-state index < -0.39 is 13.4 Å². The Hall–Kier alpha value is -3.61. The third-order valence-electron chi connectivity index (χ3n) is 5.82. The number of fused-ring (bicyclic) bond motifs is 1. The highest BCUT2D eigenvalue weighted by Crippen LogP contribution is 2.47. The molecule has 11 heteroatoms. The van der Waals surface area contributed by atoms with Crippen molar-refractivity contribution in [2.45, 2.75) is 26.8 Å². The fraction of sp³-hybridized carbons (Fsp3) is 0.296. The minimum Gasteiger partial charge on any atom is -0.383 e. The van der Waals surface area contributed by atoms with Crippen molar-refractivity contribution in [1.29, 1.82) is 5.26 Å². The molecule has 0 unspecified atom stereocenters. The molecular formula is C27H28FN4O5P. The van der Waals surface area contributed by atoms with Crippen LogP contribution < -0.4 is 10.0 Å². The van der Waals surface area contributed by atoms with Gasteiger partial charge in [-0.25, -0.2) is 14.4 Å². The third kappa shape index (κ3) is 5.93. The van der Waals surface area contributed by atoms with Crippen LogP contribution in [0.25, 0.3) is 22.3 Å². The predicted molar refractivity (Wildman–Crippen MR) is 141 cm³/mol. The van der Waals surface area contributed by atoms with E-state index in [-0.39, 0.29) is 25.5 Å². The first kappa shape index (κ1) is 27.4. The lowest BCUT2D eigenvalue weighted by atomic mass is 10.1. The van der Waals surface area contributed by atoms with Gasteiger partial charge in [0.25, 0.3) is 6.26 Å². The van der Waals surface area contributed by atoms with Gasteiger partial charge in [-0.1, -0.05) is 18.2 Å². The van der Waals surface area contributed by atoms with Gasteiger partial charge in [0.15, 0.2) is 0 Å². The lowest BCUT2D eigenvalue weighted by molar-refractivity contribution is 0.187. The van der Waals surface area contributed by atoms with Crippen molar-refractivity contribution in [1.82, 2.24) is 14.5 Å². The normalized spacial score (nSPS) is 11.6. The molecule has 0 saturated heterocycles. The monoisotopic (exact) mass is 538 g/mol. The van der Waals surface area contributed by atoms with Crippen LogP contribution in [-0.2, 0) is 31.3 Å². The second-order valence-corrected chi connectivity index (χ2v) is 10.2. The van der Waals surface area contributed by atoms with E-state index in [0.29, 0.717) is 46.6 Å². The molecular weight excluding hydrogens is 510 g/mol. The van der Waals surface area contributed by atoms with Crippen molar-refractivity contribution in [3.8, 4) is 23.4 Å². The molecule has 0 aliphatic heterocycles. The molecule has 0 fully saturated rings. The molecule has 0 N–H and O–H groups in total. The molecule has 2 aromatic carbocycles. The van der Waals surface area contributed by atoms with Crippen LogP contribution in [0.5, 0.6) is 5.88 Å². The molecule has 2 aromatic heterocycles. The smallest absolute Gasteiger partial charge is 0.361 e. The van der Waals surface area contributed by atoms with Crippen molar-refractivity contribution >= 4 is 23.9 Å². The van der Waals surface area contributed by atoms with Crippen LogP contribution in [0.4, 0.5) is 4.39 Å². The van der Waals surface area contributed by atoms with E-state index in [1.807, 2.05) is 4.57 Å². The summed E-state index contributed by atoms with van der Waals surface area (Å²) < 4.78 is 51.6. The SMILES string of the molecule is CCOP(=O)(OCC)c1ccc2nc(Cc3ccc(-c4cccc(OC#N)n4)cc3F)n(CCOC)c2c1. The molecule has 0 aliphatic carbocycles. The molecule has 0 atom stereocenters. The minimum atomic E-state index is -3.49. The molecule has 0 amide bonds. The van der Waals surface area contributed by atoms with E-state index in [4.69, 9.17) is 28.8 Å². The number of hydrogen-bond acceptors (Lipinski definition) is 8. The second-order valence-electron chi connectivity index (χ2n) is 8.22. The molecule has 4 aromatic rings. The summed E-state index contributed by atoms with van der Waals surface area (Å²) in [6.45, 7) is 4.88. The van der Waals surface area contributed by atoms with Crippen LogP contribution in [0.3, 0.4) is 0 Å². The lowest BCUT2D eigenvalue weighted by Crippen LogP contribution is -2.13. The number of pyridine rings is 1. The van der Waals surface area contributed by atoms with Crippen molar-refractivity contribution in [2.24, 2.45) is 0 Å². The zero-order valence-electron chi connectivity index (χ0n) is 21.4. The van der Waals surface area contributed by atoms with Gasteiger partial charge >= 0.3 is 7.60 Å². The predicted octanol–water partition coefficient (Wildman–Crippen LogP) is 5.23. The number of halogens is 1.